The Balaban J connectivity index is 0.000000267. The zero-order valence-electron chi connectivity index (χ0n) is 10.2. The van der Waals surface area contributed by atoms with Crippen LogP contribution in [0.15, 0.2) is 18.2 Å². The summed E-state index contributed by atoms with van der Waals surface area (Å²) in [6.45, 7) is 1.08. The first-order chi connectivity index (χ1) is 8.44. The molecule has 0 atom stereocenters. The molecule has 96 valence electrons. The molecule has 0 aromatic heterocycles. The zero-order chi connectivity index (χ0) is 13.3. The van der Waals surface area contributed by atoms with Crippen LogP contribution in [0.25, 0.3) is 0 Å². The van der Waals surface area contributed by atoms with E-state index in [1.54, 1.807) is 0 Å². The van der Waals surface area contributed by atoms with E-state index < -0.39 is 13.1 Å². The van der Waals surface area contributed by atoms with Crippen molar-refractivity contribution in [3.05, 3.63) is 23.8 Å². The van der Waals surface area contributed by atoms with Gasteiger partial charge in [-0.1, -0.05) is 6.07 Å². The van der Waals surface area contributed by atoms with Crippen molar-refractivity contribution in [2.24, 2.45) is 0 Å². The van der Waals surface area contributed by atoms with E-state index in [1.165, 1.54) is 6.42 Å². The fraction of sp³-hybridized carbons (Fsp3) is 0.417. The number of carboxylic acids is 1. The van der Waals surface area contributed by atoms with Gasteiger partial charge >= 0.3 is 7.12 Å². The maximum Gasteiger partial charge on any atom is 0.492 e. The number of hydrogen-bond donors (Lipinski definition) is 3. The van der Waals surface area contributed by atoms with E-state index >= 15 is 0 Å². The molecule has 0 bridgehead atoms. The van der Waals surface area contributed by atoms with Crippen LogP contribution in [0.5, 0.6) is 0 Å². The fourth-order valence-electron chi connectivity index (χ4n) is 2.43. The summed E-state index contributed by atoms with van der Waals surface area (Å²) in [4.78, 5) is 9.00. The van der Waals surface area contributed by atoms with E-state index in [0.29, 0.717) is 5.69 Å². The Labute approximate surface area is 106 Å². The smallest absolute Gasteiger partial charge is 0.481 e. The zero-order valence-corrected chi connectivity index (χ0v) is 10.2. The molecule has 1 fully saturated rings. The molecule has 1 aliphatic heterocycles. The third-order valence-electron chi connectivity index (χ3n) is 3.33. The minimum atomic E-state index is -0.833. The van der Waals surface area contributed by atoms with Crippen LogP contribution in [-0.4, -0.2) is 23.2 Å². The van der Waals surface area contributed by atoms with Crippen LogP contribution >= 0.6 is 0 Å². The number of benzene rings is 1. The summed E-state index contributed by atoms with van der Waals surface area (Å²) in [5.74, 6) is -0.833. The Morgan fingerprint density at radius 1 is 1.50 bits per heavy atom. The summed E-state index contributed by atoms with van der Waals surface area (Å²) in [5.41, 5.74) is 8.15. The summed E-state index contributed by atoms with van der Waals surface area (Å²) in [5, 5.41) is 17.1. The number of rotatable bonds is 0. The average molecular weight is 249 g/mol. The largest absolute Gasteiger partial charge is 0.492 e. The number of nitrogens with two attached hydrogens (primary N) is 1. The Bertz CT molecular complexity index is 469. The van der Waals surface area contributed by atoms with Crippen LogP contribution in [0.3, 0.4) is 0 Å². The van der Waals surface area contributed by atoms with Gasteiger partial charge in [0.05, 0.1) is 5.60 Å². The molecule has 0 amide bonds. The van der Waals surface area contributed by atoms with Gasteiger partial charge in [0.15, 0.2) is 0 Å². The maximum absolute atomic E-state index is 9.73. The van der Waals surface area contributed by atoms with E-state index in [1.807, 2.05) is 18.2 Å². The second-order valence-electron chi connectivity index (χ2n) is 4.68. The number of anilines is 1. The van der Waals surface area contributed by atoms with Gasteiger partial charge in [-0.15, -0.1) is 0 Å². The van der Waals surface area contributed by atoms with E-state index in [2.05, 4.69) is 0 Å². The molecular formula is C12H16BNO4. The Morgan fingerprint density at radius 3 is 2.61 bits per heavy atom. The molecule has 0 radical (unpaired) electrons. The minimum absolute atomic E-state index is 0.192. The van der Waals surface area contributed by atoms with E-state index in [0.717, 1.165) is 30.8 Å². The monoisotopic (exact) mass is 249 g/mol. The van der Waals surface area contributed by atoms with E-state index in [9.17, 15) is 5.02 Å². The van der Waals surface area contributed by atoms with Gasteiger partial charge in [-0.05, 0) is 42.4 Å². The molecule has 5 nitrogen and oxygen atoms in total. The van der Waals surface area contributed by atoms with Crippen LogP contribution in [0.4, 0.5) is 5.69 Å². The lowest BCUT2D eigenvalue weighted by molar-refractivity contribution is -0.134. The summed E-state index contributed by atoms with van der Waals surface area (Å²) in [7, 11) is -0.784. The van der Waals surface area contributed by atoms with E-state index in [4.69, 9.17) is 20.3 Å². The molecule has 3 rings (SSSR count). The number of hydrogen-bond acceptors (Lipinski definition) is 4. The highest BCUT2D eigenvalue weighted by molar-refractivity contribution is 6.62. The first-order valence-electron chi connectivity index (χ1n) is 5.90. The highest BCUT2D eigenvalue weighted by Gasteiger charge is 2.50. The SMILES string of the molecule is CC(=O)O.Nc1ccc2c(c1)B(O)OC21CCC1. The molecule has 1 saturated carbocycles. The van der Waals surface area contributed by atoms with Crippen LogP contribution in [-0.2, 0) is 15.0 Å². The normalized spacial score (nSPS) is 18.7. The second-order valence-corrected chi connectivity index (χ2v) is 4.68. The van der Waals surface area contributed by atoms with Crippen molar-refractivity contribution in [3.63, 3.8) is 0 Å². The molecular weight excluding hydrogens is 233 g/mol. The third kappa shape index (κ3) is 2.21. The molecule has 0 saturated heterocycles. The first kappa shape index (κ1) is 12.9. The van der Waals surface area contributed by atoms with Crippen LogP contribution in [0.2, 0.25) is 0 Å². The molecule has 18 heavy (non-hydrogen) atoms. The molecule has 1 heterocycles. The highest BCUT2D eigenvalue weighted by Crippen LogP contribution is 2.47. The summed E-state index contributed by atoms with van der Waals surface area (Å²) in [6, 6.07) is 5.67. The fourth-order valence-corrected chi connectivity index (χ4v) is 2.43. The van der Waals surface area contributed by atoms with Gasteiger partial charge in [0.25, 0.3) is 5.97 Å². The van der Waals surface area contributed by atoms with Crippen molar-refractivity contribution >= 4 is 24.2 Å². The molecule has 0 unspecified atom stereocenters. The second kappa shape index (κ2) is 4.63. The number of aliphatic carboxylic acids is 1. The molecule has 2 aliphatic rings. The predicted octanol–water partition coefficient (Wildman–Crippen LogP) is 0.457. The number of carboxylic acid groups (broad SMARTS) is 1. The Hall–Kier alpha value is -1.53. The van der Waals surface area contributed by atoms with Crippen molar-refractivity contribution in [1.82, 2.24) is 0 Å². The van der Waals surface area contributed by atoms with Crippen molar-refractivity contribution in [3.8, 4) is 0 Å². The van der Waals surface area contributed by atoms with Crippen LogP contribution in [0.1, 0.15) is 31.7 Å². The Morgan fingerprint density at radius 2 is 2.11 bits per heavy atom. The number of fused-ring (bicyclic) bond motifs is 2. The average Bonchev–Trinajstić information content (AvgIpc) is 2.51. The Kier molecular flexibility index (Phi) is 3.32. The van der Waals surface area contributed by atoms with Crippen molar-refractivity contribution < 1.29 is 19.6 Å². The van der Waals surface area contributed by atoms with Gasteiger partial charge in [-0.3, -0.25) is 4.79 Å². The molecule has 4 N–H and O–H groups in total. The van der Waals surface area contributed by atoms with Crippen molar-refractivity contribution in [1.29, 1.82) is 0 Å². The van der Waals surface area contributed by atoms with Crippen molar-refractivity contribution in [2.45, 2.75) is 31.8 Å². The lowest BCUT2D eigenvalue weighted by atomic mass is 9.72. The minimum Gasteiger partial charge on any atom is -0.481 e. The summed E-state index contributed by atoms with van der Waals surface area (Å²) >= 11 is 0. The van der Waals surface area contributed by atoms with Crippen LogP contribution in [0, 0.1) is 0 Å². The molecule has 1 spiro atoms. The van der Waals surface area contributed by atoms with Gasteiger partial charge in [0, 0.05) is 12.6 Å². The van der Waals surface area contributed by atoms with Crippen LogP contribution < -0.4 is 11.2 Å². The quantitative estimate of drug-likeness (QED) is 0.458. The maximum atomic E-state index is 9.73. The van der Waals surface area contributed by atoms with Gasteiger partial charge in [-0.25, -0.2) is 0 Å². The topological polar surface area (TPSA) is 92.8 Å². The van der Waals surface area contributed by atoms with Gasteiger partial charge in [0.2, 0.25) is 0 Å². The molecule has 1 aromatic carbocycles. The predicted molar refractivity (Wildman–Crippen MR) is 68.4 cm³/mol. The van der Waals surface area contributed by atoms with Gasteiger partial charge < -0.3 is 20.5 Å². The number of carbonyl (C=O) groups is 1. The molecule has 6 heteroatoms. The lowest BCUT2D eigenvalue weighted by Gasteiger charge is -2.39. The lowest BCUT2D eigenvalue weighted by Crippen LogP contribution is -2.35. The standard InChI is InChI=1S/C10H12BNO2.C2H4O2/c12-7-2-3-8-9(6-7)11(13)14-10(8)4-1-5-10;1-2(3)4/h2-3,6,13H,1,4-5,12H2;1H3,(H,3,4). The molecule has 1 aliphatic carbocycles. The number of nitrogen functional groups attached to an aromatic ring is 1. The third-order valence-corrected chi connectivity index (χ3v) is 3.33. The van der Waals surface area contributed by atoms with Gasteiger partial charge in [0.1, 0.15) is 0 Å². The summed E-state index contributed by atoms with van der Waals surface area (Å²) < 4.78 is 5.61. The highest BCUT2D eigenvalue weighted by atomic mass is 16.5. The molecule has 1 aromatic rings. The van der Waals surface area contributed by atoms with E-state index in [-0.39, 0.29) is 5.60 Å². The summed E-state index contributed by atoms with van der Waals surface area (Å²) in [6.07, 6.45) is 3.21. The van der Waals surface area contributed by atoms with Crippen molar-refractivity contribution in [2.75, 3.05) is 5.73 Å². The first-order valence-corrected chi connectivity index (χ1v) is 5.90. The van der Waals surface area contributed by atoms with Gasteiger partial charge in [-0.2, -0.15) is 0 Å².